The predicted molar refractivity (Wildman–Crippen MR) is 123 cm³/mol. The minimum Gasteiger partial charge on any atom is -0.352 e. The Labute approximate surface area is 192 Å². The van der Waals surface area contributed by atoms with Gasteiger partial charge in [0.05, 0.1) is 0 Å². The molecule has 174 valence electrons. The van der Waals surface area contributed by atoms with Crippen molar-refractivity contribution in [3.05, 3.63) is 71.0 Å². The first-order chi connectivity index (χ1) is 16.0. The molecule has 4 N–H and O–H groups in total. The van der Waals surface area contributed by atoms with E-state index in [1.54, 1.807) is 48.0 Å². The molecule has 0 heterocycles. The molecule has 0 saturated heterocycles. The highest BCUT2D eigenvalue weighted by Crippen LogP contribution is 2.24. The number of carbonyl (C=O) groups excluding carboxylic acids is 3. The third-order valence-corrected chi connectivity index (χ3v) is 5.29. The molecule has 7 nitrogen and oxygen atoms in total. The van der Waals surface area contributed by atoms with Gasteiger partial charge in [0.15, 0.2) is 0 Å². The van der Waals surface area contributed by atoms with Crippen LogP contribution in [0.5, 0.6) is 0 Å². The van der Waals surface area contributed by atoms with Crippen molar-refractivity contribution in [2.24, 2.45) is 0 Å². The van der Waals surface area contributed by atoms with E-state index in [0.29, 0.717) is 29.7 Å². The second-order valence-electron chi connectivity index (χ2n) is 8.04. The van der Waals surface area contributed by atoms with Gasteiger partial charge in [0, 0.05) is 30.1 Å². The maximum Gasteiger partial charge on any atom is 0.252 e. The van der Waals surface area contributed by atoms with Gasteiger partial charge in [-0.1, -0.05) is 30.7 Å². The summed E-state index contributed by atoms with van der Waals surface area (Å²) >= 11 is 0. The fourth-order valence-electron chi connectivity index (χ4n) is 3.24. The van der Waals surface area contributed by atoms with Crippen molar-refractivity contribution in [2.45, 2.75) is 44.6 Å². The summed E-state index contributed by atoms with van der Waals surface area (Å²) in [5.41, 5.74) is 3.89. The van der Waals surface area contributed by atoms with Crippen LogP contribution in [0.2, 0.25) is 0 Å². The Hall–Kier alpha value is -3.52. The van der Waals surface area contributed by atoms with Crippen LogP contribution in [0.3, 0.4) is 0 Å². The third-order valence-electron chi connectivity index (χ3n) is 5.29. The van der Waals surface area contributed by atoms with Crippen LogP contribution in [0.4, 0.5) is 4.39 Å². The molecule has 0 unspecified atom stereocenters. The Bertz CT molecular complexity index is 999. The van der Waals surface area contributed by atoms with Gasteiger partial charge in [-0.25, -0.2) is 9.87 Å². The molecule has 0 spiro atoms. The summed E-state index contributed by atoms with van der Waals surface area (Å²) in [7, 11) is 0. The number of rotatable bonds is 11. The van der Waals surface area contributed by atoms with Crippen molar-refractivity contribution < 1.29 is 24.0 Å². The molecule has 3 amide bonds. The summed E-state index contributed by atoms with van der Waals surface area (Å²) in [6, 6.07) is 12.9. The Balaban J connectivity index is 1.59. The van der Waals surface area contributed by atoms with Crippen LogP contribution in [0.1, 0.15) is 60.0 Å². The number of amides is 3. The van der Waals surface area contributed by atoms with Crippen LogP contribution in [0.25, 0.3) is 11.6 Å². The number of unbranched alkanes of at least 4 members (excludes halogenated alkanes) is 2. The maximum atomic E-state index is 13.3. The second-order valence-corrected chi connectivity index (χ2v) is 8.04. The summed E-state index contributed by atoms with van der Waals surface area (Å²) in [5.74, 6) is -1.20. The SMILES string of the molecule is O=C(CCCCCNC(=O)c1ccc(C=C(C(=O)NC2CC2)c2ccc(F)cc2)cc1)NO. The molecular weight excluding hydrogens is 425 g/mol. The van der Waals surface area contributed by atoms with Gasteiger partial charge < -0.3 is 10.6 Å². The summed E-state index contributed by atoms with van der Waals surface area (Å²) in [6.45, 7) is 0.483. The molecule has 2 aromatic carbocycles. The smallest absolute Gasteiger partial charge is 0.252 e. The Kier molecular flexibility index (Phi) is 8.71. The zero-order chi connectivity index (χ0) is 23.6. The lowest BCUT2D eigenvalue weighted by atomic mass is 10.0. The van der Waals surface area contributed by atoms with Crippen LogP contribution in [-0.4, -0.2) is 35.5 Å². The molecular formula is C25H28FN3O4. The minimum atomic E-state index is -0.416. The fourth-order valence-corrected chi connectivity index (χ4v) is 3.24. The minimum absolute atomic E-state index is 0.194. The monoisotopic (exact) mass is 453 g/mol. The van der Waals surface area contributed by atoms with Crippen LogP contribution in [-0.2, 0) is 9.59 Å². The standard InChI is InChI=1S/C25H28FN3O4/c26-20-11-9-18(10-12-20)22(25(32)28-21-13-14-21)16-17-5-7-19(8-6-17)24(31)27-15-3-1-2-4-23(30)29-33/h5-12,16,21,33H,1-4,13-15H2,(H,27,31)(H,28,32)(H,29,30). The molecule has 1 aliphatic carbocycles. The molecule has 0 bridgehead atoms. The van der Waals surface area contributed by atoms with E-state index < -0.39 is 5.91 Å². The van der Waals surface area contributed by atoms with Crippen LogP contribution >= 0.6 is 0 Å². The quantitative estimate of drug-likeness (QED) is 0.137. The Morgan fingerprint density at radius 2 is 1.61 bits per heavy atom. The van der Waals surface area contributed by atoms with Gasteiger partial charge >= 0.3 is 0 Å². The fraction of sp³-hybridized carbons (Fsp3) is 0.320. The van der Waals surface area contributed by atoms with Crippen LogP contribution in [0.15, 0.2) is 48.5 Å². The third kappa shape index (κ3) is 7.84. The lowest BCUT2D eigenvalue weighted by Crippen LogP contribution is -2.26. The maximum absolute atomic E-state index is 13.3. The number of hydrogen-bond acceptors (Lipinski definition) is 4. The topological polar surface area (TPSA) is 108 Å². The van der Waals surface area contributed by atoms with E-state index >= 15 is 0 Å². The molecule has 1 saturated carbocycles. The highest BCUT2D eigenvalue weighted by molar-refractivity contribution is 6.24. The number of halogens is 1. The lowest BCUT2D eigenvalue weighted by molar-refractivity contribution is -0.129. The lowest BCUT2D eigenvalue weighted by Gasteiger charge is -2.10. The molecule has 33 heavy (non-hydrogen) atoms. The van der Waals surface area contributed by atoms with E-state index in [4.69, 9.17) is 5.21 Å². The van der Waals surface area contributed by atoms with Gasteiger partial charge in [0.1, 0.15) is 5.82 Å². The van der Waals surface area contributed by atoms with Crippen molar-refractivity contribution in [3.8, 4) is 0 Å². The zero-order valence-electron chi connectivity index (χ0n) is 18.3. The largest absolute Gasteiger partial charge is 0.352 e. The first kappa shape index (κ1) is 24.1. The number of hydroxylamine groups is 1. The molecule has 1 fully saturated rings. The predicted octanol–water partition coefficient (Wildman–Crippen LogP) is 3.44. The summed E-state index contributed by atoms with van der Waals surface area (Å²) in [4.78, 5) is 36.0. The average Bonchev–Trinajstić information content (AvgIpc) is 3.64. The number of hydrogen-bond donors (Lipinski definition) is 4. The summed E-state index contributed by atoms with van der Waals surface area (Å²) < 4.78 is 13.3. The summed E-state index contributed by atoms with van der Waals surface area (Å²) in [5, 5.41) is 14.2. The van der Waals surface area contributed by atoms with Gasteiger partial charge in [0.25, 0.3) is 11.8 Å². The Morgan fingerprint density at radius 1 is 0.939 bits per heavy atom. The normalized spacial score (nSPS) is 13.3. The van der Waals surface area contributed by atoms with E-state index in [1.807, 2.05) is 0 Å². The molecule has 0 radical (unpaired) electrons. The van der Waals surface area contributed by atoms with Gasteiger partial charge in [-0.2, -0.15) is 0 Å². The highest BCUT2D eigenvalue weighted by Gasteiger charge is 2.25. The van der Waals surface area contributed by atoms with E-state index in [-0.39, 0.29) is 30.1 Å². The number of nitrogens with one attached hydrogen (secondary N) is 3. The van der Waals surface area contributed by atoms with E-state index in [2.05, 4.69) is 10.6 Å². The zero-order valence-corrected chi connectivity index (χ0v) is 18.3. The van der Waals surface area contributed by atoms with E-state index in [0.717, 1.165) is 31.2 Å². The second kappa shape index (κ2) is 11.9. The molecule has 0 atom stereocenters. The van der Waals surface area contributed by atoms with Crippen molar-refractivity contribution >= 4 is 29.4 Å². The van der Waals surface area contributed by atoms with Gasteiger partial charge in [-0.15, -0.1) is 0 Å². The Morgan fingerprint density at radius 3 is 2.24 bits per heavy atom. The molecule has 0 aromatic heterocycles. The van der Waals surface area contributed by atoms with E-state index in [9.17, 15) is 18.8 Å². The van der Waals surface area contributed by atoms with Gasteiger partial charge in [0.2, 0.25) is 5.91 Å². The van der Waals surface area contributed by atoms with Crippen molar-refractivity contribution in [3.63, 3.8) is 0 Å². The van der Waals surface area contributed by atoms with Gasteiger partial charge in [-0.3, -0.25) is 19.6 Å². The molecule has 8 heteroatoms. The van der Waals surface area contributed by atoms with Crippen LogP contribution in [0, 0.1) is 5.82 Å². The highest BCUT2D eigenvalue weighted by atomic mass is 19.1. The average molecular weight is 454 g/mol. The van der Waals surface area contributed by atoms with Crippen molar-refractivity contribution in [1.29, 1.82) is 0 Å². The first-order valence-electron chi connectivity index (χ1n) is 11.1. The van der Waals surface area contributed by atoms with Crippen molar-refractivity contribution in [2.75, 3.05) is 6.54 Å². The molecule has 3 rings (SSSR count). The number of carbonyl (C=O) groups is 3. The number of benzene rings is 2. The molecule has 0 aliphatic heterocycles. The molecule has 2 aromatic rings. The summed E-state index contributed by atoms with van der Waals surface area (Å²) in [6.07, 6.45) is 6.02. The van der Waals surface area contributed by atoms with E-state index in [1.165, 1.54) is 12.1 Å². The molecule has 1 aliphatic rings. The van der Waals surface area contributed by atoms with Gasteiger partial charge in [-0.05, 0) is 67.2 Å². The van der Waals surface area contributed by atoms with Crippen molar-refractivity contribution in [1.82, 2.24) is 16.1 Å². The van der Waals surface area contributed by atoms with Crippen LogP contribution < -0.4 is 16.1 Å². The first-order valence-corrected chi connectivity index (χ1v) is 11.1.